The molecule has 0 aliphatic carbocycles. The van der Waals surface area contributed by atoms with Crippen molar-refractivity contribution in [3.05, 3.63) is 40.4 Å². The maximum absolute atomic E-state index is 5.99. The van der Waals surface area contributed by atoms with Gasteiger partial charge in [-0.25, -0.2) is 9.97 Å². The van der Waals surface area contributed by atoms with Crippen LogP contribution in [-0.2, 0) is 6.54 Å². The van der Waals surface area contributed by atoms with Gasteiger partial charge >= 0.3 is 0 Å². The molecule has 2 aromatic rings. The summed E-state index contributed by atoms with van der Waals surface area (Å²) in [5, 5.41) is 3.66. The summed E-state index contributed by atoms with van der Waals surface area (Å²) in [6.45, 7) is 0.465. The Kier molecular flexibility index (Phi) is 4.87. The Morgan fingerprint density at radius 3 is 2.30 bits per heavy atom. The fraction of sp³-hybridized carbons (Fsp3) is 0.231. The van der Waals surface area contributed by atoms with E-state index in [9.17, 15) is 0 Å². The number of benzene rings is 1. The number of hydrogen-bond donors (Lipinski definition) is 1. The highest BCUT2D eigenvalue weighted by atomic mass is 35.5. The first-order valence-electron chi connectivity index (χ1n) is 5.76. The molecule has 1 aromatic carbocycles. The first kappa shape index (κ1) is 14.7. The second-order valence-electron chi connectivity index (χ2n) is 3.91. The number of halogens is 2. The lowest BCUT2D eigenvalue weighted by molar-refractivity contribution is 0.394. The minimum atomic E-state index is 0.127. The average Bonchev–Trinajstić information content (AvgIpc) is 2.46. The number of methoxy groups -OCH3 is 2. The number of anilines is 1. The molecule has 1 N–H and O–H groups in total. The van der Waals surface area contributed by atoms with Gasteiger partial charge in [-0.15, -0.1) is 0 Å². The zero-order valence-corrected chi connectivity index (χ0v) is 12.5. The molecule has 0 bridgehead atoms. The van der Waals surface area contributed by atoms with Crippen molar-refractivity contribution in [2.45, 2.75) is 6.54 Å². The van der Waals surface area contributed by atoms with Gasteiger partial charge in [0.05, 0.1) is 14.2 Å². The van der Waals surface area contributed by atoms with Gasteiger partial charge in [-0.1, -0.05) is 11.6 Å². The molecule has 0 saturated heterocycles. The lowest BCUT2D eigenvalue weighted by Crippen LogP contribution is -2.02. The summed E-state index contributed by atoms with van der Waals surface area (Å²) in [4.78, 5) is 7.78. The van der Waals surface area contributed by atoms with E-state index >= 15 is 0 Å². The minimum Gasteiger partial charge on any atom is -0.497 e. The third-order valence-electron chi connectivity index (χ3n) is 2.62. The summed E-state index contributed by atoms with van der Waals surface area (Å²) in [5.41, 5.74) is 1.59. The highest BCUT2D eigenvalue weighted by molar-refractivity contribution is 6.32. The molecule has 1 aromatic heterocycles. The van der Waals surface area contributed by atoms with Crippen LogP contribution in [0.4, 0.5) is 5.69 Å². The molecule has 0 radical (unpaired) electrons. The molecule has 0 saturated carbocycles. The summed E-state index contributed by atoms with van der Waals surface area (Å²) in [7, 11) is 3.20. The molecule has 0 fully saturated rings. The minimum absolute atomic E-state index is 0.127. The van der Waals surface area contributed by atoms with Gasteiger partial charge in [-0.3, -0.25) is 0 Å². The van der Waals surface area contributed by atoms with Crippen molar-refractivity contribution in [1.29, 1.82) is 0 Å². The van der Waals surface area contributed by atoms with Crippen molar-refractivity contribution in [2.24, 2.45) is 0 Å². The van der Waals surface area contributed by atoms with E-state index in [0.29, 0.717) is 23.2 Å². The Morgan fingerprint density at radius 2 is 1.75 bits per heavy atom. The smallest absolute Gasteiger partial charge is 0.223 e. The molecule has 1 heterocycles. The van der Waals surface area contributed by atoms with Gasteiger partial charge in [0.15, 0.2) is 0 Å². The van der Waals surface area contributed by atoms with Gasteiger partial charge in [0.2, 0.25) is 5.28 Å². The van der Waals surface area contributed by atoms with Crippen molar-refractivity contribution in [1.82, 2.24) is 9.97 Å². The Balaban J connectivity index is 2.13. The predicted octanol–water partition coefficient (Wildman–Crippen LogP) is 3.41. The average molecular weight is 314 g/mol. The van der Waals surface area contributed by atoms with Crippen LogP contribution in [0.5, 0.6) is 11.5 Å². The summed E-state index contributed by atoms with van der Waals surface area (Å²) in [6, 6.07) is 5.50. The highest BCUT2D eigenvalue weighted by Gasteiger charge is 2.06. The molecule has 0 atom stereocenters. The number of nitrogens with zero attached hydrogens (tertiary/aromatic N) is 2. The summed E-state index contributed by atoms with van der Waals surface area (Å²) >= 11 is 11.6. The number of hydrogen-bond acceptors (Lipinski definition) is 5. The first-order valence-corrected chi connectivity index (χ1v) is 6.52. The van der Waals surface area contributed by atoms with Crippen molar-refractivity contribution in [3.8, 4) is 11.5 Å². The molecular formula is C13H13Cl2N3O2. The van der Waals surface area contributed by atoms with E-state index < -0.39 is 0 Å². The zero-order valence-electron chi connectivity index (χ0n) is 11.0. The molecule has 0 aliphatic heterocycles. The topological polar surface area (TPSA) is 56.3 Å². The molecule has 0 spiro atoms. The van der Waals surface area contributed by atoms with Crippen LogP contribution in [0.1, 0.15) is 5.56 Å². The Hall–Kier alpha value is -1.72. The molecule has 106 valence electrons. The van der Waals surface area contributed by atoms with Crippen molar-refractivity contribution in [2.75, 3.05) is 19.5 Å². The van der Waals surface area contributed by atoms with Crippen molar-refractivity contribution >= 4 is 28.9 Å². The van der Waals surface area contributed by atoms with E-state index in [-0.39, 0.29) is 5.28 Å². The molecule has 0 amide bonds. The van der Waals surface area contributed by atoms with Crippen LogP contribution in [0.3, 0.4) is 0 Å². The summed E-state index contributed by atoms with van der Waals surface area (Å²) in [5.74, 6) is 1.40. The third-order valence-corrected chi connectivity index (χ3v) is 3.13. The second-order valence-corrected chi connectivity index (χ2v) is 4.61. The van der Waals surface area contributed by atoms with Crippen molar-refractivity contribution in [3.63, 3.8) is 0 Å². The number of aromatic nitrogens is 2. The Morgan fingerprint density at radius 1 is 1.10 bits per heavy atom. The van der Waals surface area contributed by atoms with Crippen molar-refractivity contribution < 1.29 is 9.47 Å². The summed E-state index contributed by atoms with van der Waals surface area (Å²) < 4.78 is 10.4. The maximum atomic E-state index is 5.99. The van der Waals surface area contributed by atoms with E-state index in [1.165, 1.54) is 0 Å². The van der Waals surface area contributed by atoms with Gasteiger partial charge < -0.3 is 14.8 Å². The monoisotopic (exact) mass is 313 g/mol. The van der Waals surface area contributed by atoms with Gasteiger partial charge in [0, 0.05) is 42.2 Å². The lowest BCUT2D eigenvalue weighted by Gasteiger charge is -2.11. The van der Waals surface area contributed by atoms with Crippen LogP contribution in [0.25, 0.3) is 0 Å². The Bertz CT molecular complexity index is 586. The molecular weight excluding hydrogens is 301 g/mol. The van der Waals surface area contributed by atoms with E-state index in [1.807, 2.05) is 12.1 Å². The predicted molar refractivity (Wildman–Crippen MR) is 78.9 cm³/mol. The van der Waals surface area contributed by atoms with Crippen LogP contribution in [0, 0.1) is 0 Å². The molecule has 0 aliphatic rings. The first-order chi connectivity index (χ1) is 9.62. The van der Waals surface area contributed by atoms with E-state index in [0.717, 1.165) is 11.3 Å². The molecule has 20 heavy (non-hydrogen) atoms. The summed E-state index contributed by atoms with van der Waals surface area (Å²) in [6.07, 6.45) is 1.59. The van der Waals surface area contributed by atoms with E-state index in [4.69, 9.17) is 32.7 Å². The van der Waals surface area contributed by atoms with Crippen LogP contribution in [0.15, 0.2) is 24.4 Å². The number of nitrogens with one attached hydrogen (secondary N) is 1. The largest absolute Gasteiger partial charge is 0.497 e. The van der Waals surface area contributed by atoms with Crippen LogP contribution < -0.4 is 14.8 Å². The van der Waals surface area contributed by atoms with Gasteiger partial charge in [-0.05, 0) is 11.6 Å². The highest BCUT2D eigenvalue weighted by Crippen LogP contribution is 2.26. The van der Waals surface area contributed by atoms with Gasteiger partial charge in [0.1, 0.15) is 16.7 Å². The normalized spacial score (nSPS) is 10.2. The number of rotatable bonds is 5. The van der Waals surface area contributed by atoms with Crippen LogP contribution in [-0.4, -0.2) is 24.2 Å². The van der Waals surface area contributed by atoms with Crippen LogP contribution in [0.2, 0.25) is 10.4 Å². The molecule has 5 nitrogen and oxygen atoms in total. The Labute approximate surface area is 126 Å². The van der Waals surface area contributed by atoms with E-state index in [1.54, 1.807) is 26.5 Å². The quantitative estimate of drug-likeness (QED) is 0.677. The van der Waals surface area contributed by atoms with E-state index in [2.05, 4.69) is 15.3 Å². The maximum Gasteiger partial charge on any atom is 0.223 e. The van der Waals surface area contributed by atoms with Gasteiger partial charge in [-0.2, -0.15) is 0 Å². The molecule has 7 heteroatoms. The standard InChI is InChI=1S/C13H13Cl2N3O2/c1-19-10-3-9(4-11(5-10)20-2)16-6-8-7-17-13(15)18-12(8)14/h3-5,7,16H,6H2,1-2H3. The zero-order chi connectivity index (χ0) is 14.5. The second kappa shape index (κ2) is 6.63. The SMILES string of the molecule is COc1cc(NCc2cnc(Cl)nc2Cl)cc(OC)c1. The molecule has 0 unspecified atom stereocenters. The van der Waals surface area contributed by atoms with Crippen LogP contribution >= 0.6 is 23.2 Å². The number of ether oxygens (including phenoxy) is 2. The third kappa shape index (κ3) is 3.65. The molecule has 2 rings (SSSR count). The fourth-order valence-corrected chi connectivity index (χ4v) is 1.96. The fourth-order valence-electron chi connectivity index (χ4n) is 1.59. The van der Waals surface area contributed by atoms with Gasteiger partial charge in [0.25, 0.3) is 0 Å². The lowest BCUT2D eigenvalue weighted by atomic mass is 10.2.